The monoisotopic (exact) mass is 1950 g/mol. The van der Waals surface area contributed by atoms with E-state index in [1.807, 2.05) is 21.9 Å². The van der Waals surface area contributed by atoms with Crippen LogP contribution in [-0.4, -0.2) is 220 Å². The zero-order valence-corrected chi connectivity index (χ0v) is 77.8. The number of carbonyl (C=O) groups is 8. The number of carbonyl (C=O) groups excluding carboxylic acids is 6. The molecule has 0 aliphatic heterocycles. The van der Waals surface area contributed by atoms with Gasteiger partial charge in [-0.2, -0.15) is 0 Å². The molecule has 1 atom stereocenters. The van der Waals surface area contributed by atoms with E-state index in [2.05, 4.69) is 64.5 Å². The first-order valence-corrected chi connectivity index (χ1v) is 43.4. The van der Waals surface area contributed by atoms with Crippen LogP contribution in [0.5, 0.6) is 0 Å². The molecule has 1 unspecified atom stereocenters. The SMILES string of the molecule is COC(=O)c1cccc(C=O)c1.COC(=O)c1cccc(CN(CCN(Cc2ccc([N+](=O)[O-])cc2)Cc2cccc(C(=O)OC)n2)Cc2ccc([N+](=O)[O-])cc2)n1.COC(=O)c1cccc(CNCCNCc2cccc(C(=O)OC)n2)n1.NCC(N)Cc1ccc([N+](=O)[O-])cc1.O=C(O)c1cccc(CN(CCN(Cc2ccc([N+](=O)[O-])cc2)Cc2cccc(C(=O)O)n2)Cc2ccc([N+](=O)[O-])cc2)n1. The van der Waals surface area contributed by atoms with Crippen LogP contribution < -0.4 is 22.1 Å². The van der Waals surface area contributed by atoms with Crippen molar-refractivity contribution in [2.45, 2.75) is 77.9 Å². The number of benzene rings is 6. The molecule has 12 aromatic rings. The number of nitro groups is 5. The number of aldehydes is 1. The number of aromatic nitrogens is 6. The number of pyridine rings is 6. The third-order valence-electron chi connectivity index (χ3n) is 20.6. The number of hydrogen-bond donors (Lipinski definition) is 6. The summed E-state index contributed by atoms with van der Waals surface area (Å²) >= 11 is 0. The number of hydrogen-bond acceptors (Lipinski definition) is 37. The quantitative estimate of drug-likeness (QED) is 0.00515. The van der Waals surface area contributed by atoms with E-state index in [-0.39, 0.29) is 70.3 Å². The van der Waals surface area contributed by atoms with Gasteiger partial charge in [-0.3, -0.25) is 75.0 Å². The Balaban J connectivity index is 0.000000236. The van der Waals surface area contributed by atoms with Crippen LogP contribution in [-0.2, 0) is 95.6 Å². The molecule has 0 saturated heterocycles. The lowest BCUT2D eigenvalue weighted by Crippen LogP contribution is -2.34. The minimum Gasteiger partial charge on any atom is -0.477 e. The highest BCUT2D eigenvalue weighted by Crippen LogP contribution is 2.24. The molecule has 0 amide bonds. The summed E-state index contributed by atoms with van der Waals surface area (Å²) in [5.74, 6) is -4.75. The average Bonchev–Trinajstić information content (AvgIpc) is 0.855. The molecule has 0 radical (unpaired) electrons. The number of nitrogens with two attached hydrogens (primary N) is 2. The molecule has 0 saturated carbocycles. The number of non-ortho nitro benzene ring substituents is 5. The van der Waals surface area contributed by atoms with Gasteiger partial charge >= 0.3 is 41.8 Å². The first-order chi connectivity index (χ1) is 68.2. The van der Waals surface area contributed by atoms with Gasteiger partial charge in [0.2, 0.25) is 0 Å². The first-order valence-electron chi connectivity index (χ1n) is 43.4. The fourth-order valence-electron chi connectivity index (χ4n) is 13.4. The molecule has 0 aliphatic carbocycles. The first kappa shape index (κ1) is 110. The van der Waals surface area contributed by atoms with Gasteiger partial charge in [-0.1, -0.05) is 109 Å². The summed E-state index contributed by atoms with van der Waals surface area (Å²) < 4.78 is 23.4. The van der Waals surface area contributed by atoms with Crippen molar-refractivity contribution in [1.82, 2.24) is 60.1 Å². The van der Waals surface area contributed by atoms with Crippen molar-refractivity contribution in [2.75, 3.05) is 81.4 Å². The van der Waals surface area contributed by atoms with Crippen molar-refractivity contribution in [3.63, 3.8) is 0 Å². The zero-order chi connectivity index (χ0) is 103. The van der Waals surface area contributed by atoms with Crippen molar-refractivity contribution in [2.24, 2.45) is 11.5 Å². The van der Waals surface area contributed by atoms with Crippen molar-refractivity contribution in [1.29, 1.82) is 0 Å². The Morgan fingerprint density at radius 2 is 0.577 bits per heavy atom. The van der Waals surface area contributed by atoms with Crippen LogP contribution in [0.1, 0.15) is 146 Å². The van der Waals surface area contributed by atoms with Crippen molar-refractivity contribution in [3.8, 4) is 0 Å². The number of ether oxygens (including phenoxy) is 5. The summed E-state index contributed by atoms with van der Waals surface area (Å²) in [7, 11) is 6.53. The van der Waals surface area contributed by atoms with E-state index >= 15 is 0 Å². The van der Waals surface area contributed by atoms with Gasteiger partial charge in [0.15, 0.2) is 0 Å². The fourth-order valence-corrected chi connectivity index (χ4v) is 13.4. The van der Waals surface area contributed by atoms with Gasteiger partial charge in [0.1, 0.15) is 40.4 Å². The smallest absolute Gasteiger partial charge is 0.356 e. The Kier molecular flexibility index (Phi) is 44.8. The molecule has 0 bridgehead atoms. The molecule has 44 heteroatoms. The Morgan fingerprint density at radius 1 is 0.338 bits per heavy atom. The predicted molar refractivity (Wildman–Crippen MR) is 514 cm³/mol. The van der Waals surface area contributed by atoms with Gasteiger partial charge in [-0.15, -0.1) is 0 Å². The number of carboxylic acid groups (broad SMARTS) is 2. The minimum absolute atomic E-state index is 0.0151. The van der Waals surface area contributed by atoms with Gasteiger partial charge in [-0.25, -0.2) is 63.5 Å². The lowest BCUT2D eigenvalue weighted by atomic mass is 10.1. The van der Waals surface area contributed by atoms with Crippen LogP contribution >= 0.6 is 0 Å². The van der Waals surface area contributed by atoms with Crippen LogP contribution in [0.25, 0.3) is 0 Å². The molecule has 6 aromatic heterocycles. The van der Waals surface area contributed by atoms with Gasteiger partial charge in [0.05, 0.1) is 99.9 Å². The van der Waals surface area contributed by atoms with E-state index in [4.69, 9.17) is 20.9 Å². The highest BCUT2D eigenvalue weighted by atomic mass is 16.6. The second-order valence-corrected chi connectivity index (χ2v) is 30.9. The van der Waals surface area contributed by atoms with Crippen LogP contribution in [0.4, 0.5) is 28.4 Å². The summed E-state index contributed by atoms with van der Waals surface area (Å²) in [5.41, 5.74) is 20.6. The maximum absolute atomic E-state index is 12.1. The minimum atomic E-state index is -1.15. The summed E-state index contributed by atoms with van der Waals surface area (Å²) in [6.07, 6.45) is 1.33. The molecule has 6 aromatic carbocycles. The number of rotatable bonds is 45. The number of esters is 5. The molecule has 0 fully saturated rings. The van der Waals surface area contributed by atoms with Crippen molar-refractivity contribution < 1.29 is 96.9 Å². The number of methoxy groups -OCH3 is 5. The third-order valence-corrected chi connectivity index (χ3v) is 20.6. The normalized spacial score (nSPS) is 10.9. The number of aromatic carboxylic acids is 2. The molecule has 142 heavy (non-hydrogen) atoms. The Bertz CT molecular complexity index is 5960. The average molecular weight is 1950 g/mol. The molecule has 44 nitrogen and oxygen atoms in total. The zero-order valence-electron chi connectivity index (χ0n) is 77.8. The standard InChI is InChI=1S/C32H32N6O8.C30H28N6O8.C18H22N4O4.C9H13N3O2.C9H8O3/c1-45-31(39)29-7-3-5-25(33-29)21-35(19-23-9-13-27(14-10-23)37(41)42)17-18-36(20-24-11-15-28(16-12-24)38(43)44)22-26-6-4-8-30(34-26)32(40)46-2;37-29(38)27-5-1-3-23(31-27)19-33(17-21-7-11-25(12-8-21)35(41)42)15-16-34(18-22-9-13-26(14-10-22)36(43)44)20-24-4-2-6-28(32-24)30(39)40;1-25-17(23)15-7-3-5-13(21-15)11-19-9-10-20-12-14-6-4-8-16(22-14)18(24)26-2;10-6-8(11)5-7-1-3-9(4-2-7)12(13)14;1-12-9(11)8-4-2-3-7(5-8)6-10/h3-16H,17-22H2,1-2H3;1-14H,15-20H2,(H,37,38)(H,39,40);3-8,19-20H,9-12H2,1-2H3;1-4,8H,5-6,10-11H2;2-6H,1H3. The topological polar surface area (TPSA) is 605 Å². The van der Waals surface area contributed by atoms with E-state index in [1.54, 1.807) is 164 Å². The largest absolute Gasteiger partial charge is 0.477 e. The lowest BCUT2D eigenvalue weighted by Gasteiger charge is -2.28. The van der Waals surface area contributed by atoms with Gasteiger partial charge < -0.3 is 56.0 Å². The van der Waals surface area contributed by atoms with Crippen LogP contribution in [0.15, 0.2) is 255 Å². The Morgan fingerprint density at radius 3 is 0.824 bits per heavy atom. The lowest BCUT2D eigenvalue weighted by molar-refractivity contribution is -0.385. The number of nitrogens with zero attached hydrogens (tertiary/aromatic N) is 15. The van der Waals surface area contributed by atoms with E-state index in [0.717, 1.165) is 39.2 Å². The highest BCUT2D eigenvalue weighted by molar-refractivity contribution is 5.92. The van der Waals surface area contributed by atoms with Crippen molar-refractivity contribution >= 4 is 76.5 Å². The molecule has 8 N–H and O–H groups in total. The van der Waals surface area contributed by atoms with E-state index in [0.29, 0.717) is 156 Å². The van der Waals surface area contributed by atoms with Gasteiger partial charge in [0.25, 0.3) is 28.4 Å². The summed E-state index contributed by atoms with van der Waals surface area (Å²) in [5, 5.41) is 80.2. The van der Waals surface area contributed by atoms with E-state index in [9.17, 15) is 99.1 Å². The number of carboxylic acids is 2. The fraction of sp³-hybridized carbons (Fsp3) is 0.245. The van der Waals surface area contributed by atoms with Crippen LogP contribution in [0.3, 0.4) is 0 Å². The molecule has 0 aliphatic rings. The molecule has 740 valence electrons. The summed E-state index contributed by atoms with van der Waals surface area (Å²) in [6, 6.07) is 67.5. The molecule has 12 rings (SSSR count). The highest BCUT2D eigenvalue weighted by Gasteiger charge is 2.23. The number of nitrogens with one attached hydrogen (secondary N) is 2. The second kappa shape index (κ2) is 57.8. The number of nitro benzene ring substituents is 5. The van der Waals surface area contributed by atoms with Crippen LogP contribution in [0.2, 0.25) is 0 Å². The maximum Gasteiger partial charge on any atom is 0.356 e. The maximum atomic E-state index is 12.1. The van der Waals surface area contributed by atoms with Crippen LogP contribution in [0, 0.1) is 50.6 Å². The van der Waals surface area contributed by atoms with Crippen molar-refractivity contribution in [3.05, 3.63) is 413 Å². The Hall–Kier alpha value is -17.1. The predicted octanol–water partition coefficient (Wildman–Crippen LogP) is 11.6. The second-order valence-electron chi connectivity index (χ2n) is 30.9. The van der Waals surface area contributed by atoms with Gasteiger partial charge in [0, 0.05) is 184 Å². The van der Waals surface area contributed by atoms with E-state index < -0.39 is 66.4 Å². The molecular formula is C98H103N19O25. The van der Waals surface area contributed by atoms with E-state index in [1.165, 1.54) is 114 Å². The summed E-state index contributed by atoms with van der Waals surface area (Å²) in [6.45, 7) is 7.60. The molecule has 6 heterocycles. The summed E-state index contributed by atoms with van der Waals surface area (Å²) in [4.78, 5) is 178. The molecule has 0 spiro atoms. The van der Waals surface area contributed by atoms with Gasteiger partial charge in [-0.05, 0) is 119 Å². The molecular weight excluding hydrogens is 1840 g/mol. The third kappa shape index (κ3) is 37.7. The Labute approximate surface area is 813 Å².